The molecule has 0 aliphatic rings. The Morgan fingerprint density at radius 1 is 1.32 bits per heavy atom. The van der Waals surface area contributed by atoms with Gasteiger partial charge in [0.1, 0.15) is 0 Å². The minimum atomic E-state index is -0.217. The molecule has 1 heterocycles. The number of nitrogens with one attached hydrogen (secondary N) is 1. The van der Waals surface area contributed by atoms with Gasteiger partial charge in [-0.1, -0.05) is 30.3 Å². The Hall–Kier alpha value is -1.72. The molecule has 5 heteroatoms. The summed E-state index contributed by atoms with van der Waals surface area (Å²) in [5, 5.41) is 2.80. The maximum absolute atomic E-state index is 11.9. The van der Waals surface area contributed by atoms with Gasteiger partial charge in [-0.15, -0.1) is 0 Å². The van der Waals surface area contributed by atoms with Crippen molar-refractivity contribution in [2.75, 3.05) is 6.54 Å². The third-order valence-electron chi connectivity index (χ3n) is 2.68. The molecule has 0 saturated carbocycles. The second kappa shape index (κ2) is 6.45. The first-order valence-electron chi connectivity index (χ1n) is 5.86. The van der Waals surface area contributed by atoms with Gasteiger partial charge in [-0.3, -0.25) is 9.78 Å². The van der Waals surface area contributed by atoms with Crippen LogP contribution in [0, 0.1) is 0 Å². The van der Waals surface area contributed by atoms with Crippen LogP contribution in [0.15, 0.2) is 53.3 Å². The van der Waals surface area contributed by atoms with Crippen LogP contribution in [0.3, 0.4) is 0 Å². The first-order valence-corrected chi connectivity index (χ1v) is 6.65. The van der Waals surface area contributed by atoms with Crippen molar-refractivity contribution in [3.05, 3.63) is 64.4 Å². The molecule has 1 aromatic carbocycles. The van der Waals surface area contributed by atoms with Crippen LogP contribution in [-0.2, 0) is 0 Å². The summed E-state index contributed by atoms with van der Waals surface area (Å²) >= 11 is 3.28. The van der Waals surface area contributed by atoms with E-state index in [4.69, 9.17) is 5.73 Å². The second-order valence-electron chi connectivity index (χ2n) is 4.12. The number of carbonyl (C=O) groups excluding carboxylic acids is 1. The zero-order valence-electron chi connectivity index (χ0n) is 10.2. The number of carbonyl (C=O) groups is 1. The first kappa shape index (κ1) is 13.7. The third kappa shape index (κ3) is 3.87. The molecular weight excluding hydrogens is 306 g/mol. The van der Waals surface area contributed by atoms with Crippen molar-refractivity contribution < 1.29 is 4.79 Å². The molecule has 0 saturated heterocycles. The van der Waals surface area contributed by atoms with Crippen molar-refractivity contribution in [2.45, 2.75) is 6.04 Å². The molecule has 0 aliphatic carbocycles. The summed E-state index contributed by atoms with van der Waals surface area (Å²) < 4.78 is 0.771. The molecule has 2 aromatic rings. The van der Waals surface area contributed by atoms with Gasteiger partial charge in [0.05, 0.1) is 5.56 Å². The van der Waals surface area contributed by atoms with Crippen LogP contribution >= 0.6 is 15.9 Å². The third-order valence-corrected chi connectivity index (χ3v) is 3.11. The molecule has 0 radical (unpaired) electrons. The molecule has 1 aromatic heterocycles. The van der Waals surface area contributed by atoms with Crippen molar-refractivity contribution in [2.24, 2.45) is 5.73 Å². The van der Waals surface area contributed by atoms with Crippen LogP contribution in [0.2, 0.25) is 0 Å². The highest BCUT2D eigenvalue weighted by Crippen LogP contribution is 2.11. The van der Waals surface area contributed by atoms with Crippen LogP contribution in [0.5, 0.6) is 0 Å². The average molecular weight is 320 g/mol. The number of pyridine rings is 1. The van der Waals surface area contributed by atoms with Crippen LogP contribution in [0.1, 0.15) is 22.0 Å². The molecule has 98 valence electrons. The van der Waals surface area contributed by atoms with Crippen LogP contribution < -0.4 is 11.1 Å². The average Bonchev–Trinajstić information content (AvgIpc) is 2.45. The lowest BCUT2D eigenvalue weighted by atomic mass is 10.1. The highest BCUT2D eigenvalue weighted by molar-refractivity contribution is 9.10. The molecule has 0 aliphatic heterocycles. The predicted molar refractivity (Wildman–Crippen MR) is 77.6 cm³/mol. The van der Waals surface area contributed by atoms with E-state index >= 15 is 0 Å². The van der Waals surface area contributed by atoms with E-state index in [1.807, 2.05) is 30.3 Å². The summed E-state index contributed by atoms with van der Waals surface area (Å²) in [6.07, 6.45) is 3.15. The lowest BCUT2D eigenvalue weighted by Gasteiger charge is -2.13. The second-order valence-corrected chi connectivity index (χ2v) is 5.03. The molecule has 0 bridgehead atoms. The number of hydrogen-bond acceptors (Lipinski definition) is 3. The van der Waals surface area contributed by atoms with Gasteiger partial charge in [0.2, 0.25) is 0 Å². The van der Waals surface area contributed by atoms with Crippen molar-refractivity contribution in [3.8, 4) is 0 Å². The van der Waals surface area contributed by atoms with Crippen molar-refractivity contribution in [1.29, 1.82) is 0 Å². The molecule has 3 N–H and O–H groups in total. The van der Waals surface area contributed by atoms with E-state index in [9.17, 15) is 4.79 Å². The number of amides is 1. The zero-order chi connectivity index (χ0) is 13.7. The van der Waals surface area contributed by atoms with Gasteiger partial charge in [0.15, 0.2) is 0 Å². The Kier molecular flexibility index (Phi) is 4.65. The summed E-state index contributed by atoms with van der Waals surface area (Å²) in [7, 11) is 0. The number of benzene rings is 1. The first-order chi connectivity index (χ1) is 9.16. The van der Waals surface area contributed by atoms with Gasteiger partial charge in [-0.25, -0.2) is 0 Å². The van der Waals surface area contributed by atoms with Crippen LogP contribution in [-0.4, -0.2) is 17.4 Å². The van der Waals surface area contributed by atoms with Crippen molar-refractivity contribution in [1.82, 2.24) is 10.3 Å². The Morgan fingerprint density at radius 3 is 2.74 bits per heavy atom. The fraction of sp³-hybridized carbons (Fsp3) is 0.143. The molecule has 1 amide bonds. The van der Waals surface area contributed by atoms with Gasteiger partial charge >= 0.3 is 0 Å². The SMILES string of the molecule is NC(CNC(=O)c1cncc(Br)c1)c1ccccc1. The fourth-order valence-corrected chi connectivity index (χ4v) is 2.02. The van der Waals surface area contributed by atoms with Crippen LogP contribution in [0.25, 0.3) is 0 Å². The molecule has 2 rings (SSSR count). The summed E-state index contributed by atoms with van der Waals surface area (Å²) in [6, 6.07) is 11.2. The number of nitrogens with zero attached hydrogens (tertiary/aromatic N) is 1. The van der Waals surface area contributed by atoms with Crippen molar-refractivity contribution in [3.63, 3.8) is 0 Å². The van der Waals surface area contributed by atoms with Gasteiger partial charge in [0.25, 0.3) is 5.91 Å². The summed E-state index contributed by atoms with van der Waals surface area (Å²) in [4.78, 5) is 15.9. The summed E-state index contributed by atoms with van der Waals surface area (Å²) in [5.41, 5.74) is 7.52. The normalized spacial score (nSPS) is 11.9. The van der Waals surface area contributed by atoms with E-state index < -0.39 is 0 Å². The van der Waals surface area contributed by atoms with E-state index in [1.54, 1.807) is 12.3 Å². The highest BCUT2D eigenvalue weighted by atomic mass is 79.9. The van der Waals surface area contributed by atoms with Gasteiger partial charge < -0.3 is 11.1 Å². The minimum absolute atomic E-state index is 0.180. The van der Waals surface area contributed by atoms with Crippen molar-refractivity contribution >= 4 is 21.8 Å². The summed E-state index contributed by atoms with van der Waals surface area (Å²) in [5.74, 6) is -0.180. The zero-order valence-corrected chi connectivity index (χ0v) is 11.8. The Morgan fingerprint density at radius 2 is 2.05 bits per heavy atom. The molecule has 1 atom stereocenters. The molecule has 4 nitrogen and oxygen atoms in total. The molecule has 1 unspecified atom stereocenters. The van der Waals surface area contributed by atoms with E-state index in [2.05, 4.69) is 26.2 Å². The summed E-state index contributed by atoms with van der Waals surface area (Å²) in [6.45, 7) is 0.384. The molecule has 0 fully saturated rings. The maximum atomic E-state index is 11.9. The van der Waals surface area contributed by atoms with E-state index in [-0.39, 0.29) is 11.9 Å². The number of halogens is 1. The monoisotopic (exact) mass is 319 g/mol. The van der Waals surface area contributed by atoms with Gasteiger partial charge in [-0.2, -0.15) is 0 Å². The largest absolute Gasteiger partial charge is 0.350 e. The number of nitrogens with two attached hydrogens (primary N) is 1. The van der Waals surface area contributed by atoms with Gasteiger partial charge in [-0.05, 0) is 27.6 Å². The molecular formula is C14H14BrN3O. The number of rotatable bonds is 4. The lowest BCUT2D eigenvalue weighted by molar-refractivity contribution is 0.0951. The Labute approximate surface area is 120 Å². The van der Waals surface area contributed by atoms with E-state index in [1.165, 1.54) is 6.20 Å². The Balaban J connectivity index is 1.94. The number of hydrogen-bond donors (Lipinski definition) is 2. The molecule has 19 heavy (non-hydrogen) atoms. The van der Waals surface area contributed by atoms with E-state index in [0.29, 0.717) is 12.1 Å². The topological polar surface area (TPSA) is 68.0 Å². The molecule has 0 spiro atoms. The van der Waals surface area contributed by atoms with Gasteiger partial charge in [0, 0.05) is 29.5 Å². The standard InChI is InChI=1S/C14H14BrN3O/c15-12-6-11(7-17-8-12)14(19)18-9-13(16)10-4-2-1-3-5-10/h1-8,13H,9,16H2,(H,18,19). The fourth-order valence-electron chi connectivity index (χ4n) is 1.66. The van der Waals surface area contributed by atoms with E-state index in [0.717, 1.165) is 10.0 Å². The highest BCUT2D eigenvalue weighted by Gasteiger charge is 2.10. The minimum Gasteiger partial charge on any atom is -0.350 e. The maximum Gasteiger partial charge on any atom is 0.252 e. The Bertz CT molecular complexity index is 560. The predicted octanol–water partition coefficient (Wildman–Crippen LogP) is 2.27. The number of aromatic nitrogens is 1. The quantitative estimate of drug-likeness (QED) is 0.908. The smallest absolute Gasteiger partial charge is 0.252 e. The lowest BCUT2D eigenvalue weighted by Crippen LogP contribution is -2.31. The van der Waals surface area contributed by atoms with Crippen LogP contribution in [0.4, 0.5) is 0 Å².